The van der Waals surface area contributed by atoms with E-state index in [1.165, 1.54) is 11.1 Å². The number of amides is 2. The van der Waals surface area contributed by atoms with Crippen LogP contribution in [0.2, 0.25) is 0 Å². The van der Waals surface area contributed by atoms with Crippen LogP contribution in [0.1, 0.15) is 20.8 Å². The van der Waals surface area contributed by atoms with Crippen molar-refractivity contribution in [2.24, 2.45) is 0 Å². The lowest BCUT2D eigenvalue weighted by molar-refractivity contribution is 0.0703. The highest BCUT2D eigenvalue weighted by Gasteiger charge is 2.38. The molecule has 5 rings (SSSR count). The molecule has 2 N–H and O–H groups in total. The third-order valence-corrected chi connectivity index (χ3v) is 6.54. The number of aromatic nitrogens is 1. The van der Waals surface area contributed by atoms with E-state index in [2.05, 4.69) is 39.0 Å². The van der Waals surface area contributed by atoms with Gasteiger partial charge >= 0.3 is 12.0 Å². The van der Waals surface area contributed by atoms with Gasteiger partial charge in [-0.2, -0.15) is 5.26 Å². The zero-order chi connectivity index (χ0) is 20.3. The van der Waals surface area contributed by atoms with Gasteiger partial charge in [-0.05, 0) is 11.6 Å². The molecule has 0 saturated carbocycles. The highest BCUT2D eigenvalue weighted by atomic mass is 127. The molecule has 2 amide bonds. The van der Waals surface area contributed by atoms with Gasteiger partial charge < -0.3 is 19.9 Å². The number of nitrogens with zero attached hydrogens (tertiary/aromatic N) is 3. The SMILES string of the molecule is N#Cc1cnc2sc(C(=O)O)c3c2c1N(c1c(CI)ccc2c1OCO2)C(=O)N3. The number of pyridine rings is 1. The first-order valence-electron chi connectivity index (χ1n) is 8.22. The smallest absolute Gasteiger partial charge is 0.348 e. The number of alkyl halides is 1. The van der Waals surface area contributed by atoms with Gasteiger partial charge in [0.1, 0.15) is 21.5 Å². The van der Waals surface area contributed by atoms with E-state index >= 15 is 0 Å². The molecule has 29 heavy (non-hydrogen) atoms. The van der Waals surface area contributed by atoms with Crippen molar-refractivity contribution in [2.45, 2.75) is 4.43 Å². The highest BCUT2D eigenvalue weighted by Crippen LogP contribution is 2.52. The summed E-state index contributed by atoms with van der Waals surface area (Å²) >= 11 is 3.12. The number of fused-ring (bicyclic) bond motifs is 1. The Kier molecular flexibility index (Phi) is 4.00. The lowest BCUT2D eigenvalue weighted by atomic mass is 10.1. The van der Waals surface area contributed by atoms with Crippen molar-refractivity contribution in [3.05, 3.63) is 34.3 Å². The number of thiophene rings is 1. The van der Waals surface area contributed by atoms with E-state index in [0.717, 1.165) is 16.9 Å². The molecule has 3 aromatic rings. The zero-order valence-corrected chi connectivity index (χ0v) is 17.3. The second kappa shape index (κ2) is 6.46. The van der Waals surface area contributed by atoms with Crippen molar-refractivity contribution in [1.82, 2.24) is 4.98 Å². The van der Waals surface area contributed by atoms with Crippen molar-refractivity contribution in [2.75, 3.05) is 17.0 Å². The average molecular weight is 520 g/mol. The number of ether oxygens (including phenoxy) is 2. The molecular weight excluding hydrogens is 511 g/mol. The summed E-state index contributed by atoms with van der Waals surface area (Å²) in [5, 5.41) is 22.3. The Balaban J connectivity index is 1.89. The minimum absolute atomic E-state index is 0.0201. The van der Waals surface area contributed by atoms with E-state index in [0.29, 0.717) is 31.8 Å². The number of hydrogen-bond donors (Lipinski definition) is 2. The number of anilines is 3. The molecule has 144 valence electrons. The topological polar surface area (TPSA) is 125 Å². The third kappa shape index (κ3) is 2.45. The van der Waals surface area contributed by atoms with Gasteiger partial charge in [-0.15, -0.1) is 11.3 Å². The highest BCUT2D eigenvalue weighted by molar-refractivity contribution is 14.1. The van der Waals surface area contributed by atoms with Crippen LogP contribution < -0.4 is 19.7 Å². The fraction of sp³-hybridized carbons (Fsp3) is 0.111. The van der Waals surface area contributed by atoms with E-state index < -0.39 is 12.0 Å². The number of halogens is 1. The fourth-order valence-corrected chi connectivity index (χ4v) is 5.02. The van der Waals surface area contributed by atoms with Crippen molar-refractivity contribution in [3.8, 4) is 17.6 Å². The van der Waals surface area contributed by atoms with Gasteiger partial charge in [-0.1, -0.05) is 28.7 Å². The van der Waals surface area contributed by atoms with Crippen LogP contribution in [0, 0.1) is 11.3 Å². The summed E-state index contributed by atoms with van der Waals surface area (Å²) in [6.45, 7) is 0.0201. The molecule has 4 heterocycles. The van der Waals surface area contributed by atoms with E-state index in [4.69, 9.17) is 9.47 Å². The molecule has 2 aromatic heterocycles. The molecular formula is C18H9IN4O5S. The van der Waals surface area contributed by atoms with Crippen molar-refractivity contribution < 1.29 is 24.2 Å². The normalized spacial score (nSPS) is 14.1. The van der Waals surface area contributed by atoms with Crippen LogP contribution in [0.3, 0.4) is 0 Å². The van der Waals surface area contributed by atoms with E-state index in [9.17, 15) is 20.0 Å². The monoisotopic (exact) mass is 520 g/mol. The molecule has 0 aliphatic carbocycles. The molecule has 0 radical (unpaired) electrons. The molecule has 1 aromatic carbocycles. The van der Waals surface area contributed by atoms with Crippen LogP contribution in [-0.4, -0.2) is 28.9 Å². The second-order valence-corrected chi connectivity index (χ2v) is 7.89. The van der Waals surface area contributed by atoms with Gasteiger partial charge in [0.05, 0.1) is 22.3 Å². The summed E-state index contributed by atoms with van der Waals surface area (Å²) in [4.78, 5) is 30.8. The number of nitrogens with one attached hydrogen (secondary N) is 1. The predicted octanol–water partition coefficient (Wildman–Crippen LogP) is 4.21. The van der Waals surface area contributed by atoms with E-state index in [1.54, 1.807) is 6.07 Å². The van der Waals surface area contributed by atoms with Gasteiger partial charge in [0.15, 0.2) is 11.5 Å². The number of urea groups is 1. The van der Waals surface area contributed by atoms with Gasteiger partial charge in [0.25, 0.3) is 0 Å². The van der Waals surface area contributed by atoms with Gasteiger partial charge in [-0.3, -0.25) is 4.90 Å². The Morgan fingerprint density at radius 2 is 2.24 bits per heavy atom. The fourth-order valence-electron chi connectivity index (χ4n) is 3.46. The van der Waals surface area contributed by atoms with E-state index in [1.807, 2.05) is 6.07 Å². The lowest BCUT2D eigenvalue weighted by Crippen LogP contribution is -2.35. The first-order valence-corrected chi connectivity index (χ1v) is 10.6. The minimum Gasteiger partial charge on any atom is -0.477 e. The van der Waals surface area contributed by atoms with Crippen LogP contribution >= 0.6 is 33.9 Å². The van der Waals surface area contributed by atoms with Gasteiger partial charge in [0, 0.05) is 10.6 Å². The molecule has 0 spiro atoms. The van der Waals surface area contributed by atoms with Crippen molar-refractivity contribution in [1.29, 1.82) is 5.26 Å². The maximum absolute atomic E-state index is 13.2. The summed E-state index contributed by atoms with van der Waals surface area (Å²) in [6, 6.07) is 5.08. The number of carbonyl (C=O) groups excluding carboxylic acids is 1. The van der Waals surface area contributed by atoms with E-state index in [-0.39, 0.29) is 28.6 Å². The number of rotatable bonds is 3. The molecule has 0 saturated heterocycles. The molecule has 9 nitrogen and oxygen atoms in total. The van der Waals surface area contributed by atoms with Crippen LogP contribution in [0.25, 0.3) is 10.2 Å². The Labute approximate surface area is 180 Å². The predicted molar refractivity (Wildman–Crippen MR) is 113 cm³/mol. The van der Waals surface area contributed by atoms with Crippen LogP contribution in [0.15, 0.2) is 18.3 Å². The Morgan fingerprint density at radius 1 is 1.41 bits per heavy atom. The van der Waals surface area contributed by atoms with Crippen LogP contribution in [0.4, 0.5) is 21.9 Å². The quantitative estimate of drug-likeness (QED) is 0.392. The maximum Gasteiger partial charge on any atom is 0.348 e. The zero-order valence-electron chi connectivity index (χ0n) is 14.4. The Bertz CT molecular complexity index is 1280. The molecule has 2 aliphatic heterocycles. The van der Waals surface area contributed by atoms with Crippen molar-refractivity contribution >= 4 is 73.2 Å². The summed E-state index contributed by atoms with van der Waals surface area (Å²) in [6.07, 6.45) is 1.35. The molecule has 0 atom stereocenters. The number of hydrogen-bond acceptors (Lipinski definition) is 7. The number of carbonyl (C=O) groups is 2. The maximum atomic E-state index is 13.2. The molecule has 0 unspecified atom stereocenters. The number of benzene rings is 1. The molecule has 0 fully saturated rings. The molecule has 11 heteroatoms. The average Bonchev–Trinajstić information content (AvgIpc) is 3.33. The Morgan fingerprint density at radius 3 is 2.97 bits per heavy atom. The summed E-state index contributed by atoms with van der Waals surface area (Å²) < 4.78 is 11.7. The summed E-state index contributed by atoms with van der Waals surface area (Å²) in [7, 11) is 0. The molecule has 0 bridgehead atoms. The van der Waals surface area contributed by atoms with Gasteiger partial charge in [-0.25, -0.2) is 14.6 Å². The van der Waals surface area contributed by atoms with Crippen LogP contribution in [-0.2, 0) is 4.43 Å². The Hall–Kier alpha value is -3.11. The molecule has 2 aliphatic rings. The standard InChI is InChI=1S/C18H9IN4O5S/c19-3-7-1-2-9-14(28-6-27-9)13(7)23-12-8(4-20)5-21-16-10(12)11(22-18(23)26)15(29-16)17(24)25/h1-2,5H,3,6H2,(H,22,26)(H,24,25). The lowest BCUT2D eigenvalue weighted by Gasteiger charge is -2.30. The summed E-state index contributed by atoms with van der Waals surface area (Å²) in [5.41, 5.74) is 1.86. The number of carboxylic acids is 1. The first kappa shape index (κ1) is 18.0. The minimum atomic E-state index is -1.17. The first-order chi connectivity index (χ1) is 14.0. The largest absolute Gasteiger partial charge is 0.477 e. The van der Waals surface area contributed by atoms with Crippen molar-refractivity contribution in [3.63, 3.8) is 0 Å². The number of nitriles is 1. The van der Waals surface area contributed by atoms with Gasteiger partial charge in [0.2, 0.25) is 6.79 Å². The second-order valence-electron chi connectivity index (χ2n) is 6.13. The number of aromatic carboxylic acids is 1. The summed E-state index contributed by atoms with van der Waals surface area (Å²) in [5.74, 6) is -0.278. The number of carboxylic acid groups (broad SMARTS) is 1. The van der Waals surface area contributed by atoms with Crippen LogP contribution in [0.5, 0.6) is 11.5 Å². The third-order valence-electron chi connectivity index (χ3n) is 4.63.